The molecular formula is C34H51BrO8. The molecule has 0 heterocycles. The molecule has 0 saturated heterocycles. The monoisotopic (exact) mass is 666 g/mol. The van der Waals surface area contributed by atoms with Gasteiger partial charge in [0.2, 0.25) is 6.79 Å². The van der Waals surface area contributed by atoms with Gasteiger partial charge in [0, 0.05) is 19.4 Å². The van der Waals surface area contributed by atoms with Crippen LogP contribution in [0.2, 0.25) is 0 Å². The van der Waals surface area contributed by atoms with Gasteiger partial charge >= 0.3 is 17.9 Å². The van der Waals surface area contributed by atoms with E-state index < -0.39 is 36.9 Å². The van der Waals surface area contributed by atoms with Crippen molar-refractivity contribution in [1.29, 1.82) is 0 Å². The average Bonchev–Trinajstić information content (AvgIpc) is 3.17. The molecule has 4 fully saturated rings. The van der Waals surface area contributed by atoms with Gasteiger partial charge in [0.25, 0.3) is 0 Å². The van der Waals surface area contributed by atoms with Gasteiger partial charge in [0.1, 0.15) is 6.10 Å². The summed E-state index contributed by atoms with van der Waals surface area (Å²) in [4.78, 5) is 37.6. The number of carbonyl (C=O) groups excluding carboxylic acids is 3. The summed E-state index contributed by atoms with van der Waals surface area (Å²) in [6.45, 7) is 15.2. The van der Waals surface area contributed by atoms with E-state index >= 15 is 0 Å². The first-order chi connectivity index (χ1) is 20.0. The molecular weight excluding hydrogens is 616 g/mol. The number of aliphatic hydroxyl groups excluding tert-OH is 2. The fraction of sp³-hybridized carbons (Fsp3) is 0.794. The fourth-order valence-electron chi connectivity index (χ4n) is 10.0. The molecule has 10 atom stereocenters. The molecule has 0 spiro atoms. The summed E-state index contributed by atoms with van der Waals surface area (Å²) in [7, 11) is 0. The highest BCUT2D eigenvalue weighted by Gasteiger charge is 2.70. The van der Waals surface area contributed by atoms with E-state index in [4.69, 9.17) is 14.2 Å². The number of hydrogen-bond donors (Lipinski definition) is 2. The summed E-state index contributed by atoms with van der Waals surface area (Å²) in [5, 5.41) is 22.9. The van der Waals surface area contributed by atoms with Crippen molar-refractivity contribution in [2.45, 2.75) is 125 Å². The highest BCUT2D eigenvalue weighted by Crippen LogP contribution is 2.74. The van der Waals surface area contributed by atoms with Crippen molar-refractivity contribution in [2.75, 3.05) is 6.79 Å². The molecule has 8 nitrogen and oxygen atoms in total. The summed E-state index contributed by atoms with van der Waals surface area (Å²) in [5.74, 6) is -1.29. The van der Waals surface area contributed by atoms with Crippen molar-refractivity contribution in [3.8, 4) is 0 Å². The minimum absolute atomic E-state index is 0.00599. The molecule has 242 valence electrons. The first-order valence-corrected chi connectivity index (χ1v) is 16.7. The third-order valence-electron chi connectivity index (χ3n) is 12.2. The Labute approximate surface area is 265 Å². The van der Waals surface area contributed by atoms with Gasteiger partial charge in [-0.3, -0.25) is 9.59 Å². The molecule has 0 bridgehead atoms. The van der Waals surface area contributed by atoms with Crippen molar-refractivity contribution in [2.24, 2.45) is 39.9 Å². The molecule has 0 aromatic rings. The van der Waals surface area contributed by atoms with Crippen LogP contribution in [0.5, 0.6) is 0 Å². The average molecular weight is 668 g/mol. The molecule has 9 heteroatoms. The SMILES string of the molecule is CC(=O)OCOC(=O)C(CCC(Br)=C(C)C)=C1C2C[C@@H](O)C3[C@@]4(C)CC[C@@H](O)[C@@H](C)C4CC[C@]3(C)[C@@]2(C)C[C@@H]1OC(C)=O. The van der Waals surface area contributed by atoms with Crippen molar-refractivity contribution in [3.63, 3.8) is 0 Å². The molecule has 2 N–H and O–H groups in total. The second-order valence-corrected chi connectivity index (χ2v) is 15.6. The lowest BCUT2D eigenvalue weighted by atomic mass is 9.36. The number of esters is 3. The summed E-state index contributed by atoms with van der Waals surface area (Å²) in [6.07, 6.45) is 3.76. The van der Waals surface area contributed by atoms with Crippen LogP contribution in [-0.2, 0) is 28.6 Å². The van der Waals surface area contributed by atoms with Gasteiger partial charge in [0.05, 0.1) is 12.2 Å². The van der Waals surface area contributed by atoms with E-state index in [0.29, 0.717) is 37.2 Å². The number of carbonyl (C=O) groups is 3. The zero-order valence-electron chi connectivity index (χ0n) is 27.1. The van der Waals surface area contributed by atoms with Gasteiger partial charge in [0.15, 0.2) is 0 Å². The van der Waals surface area contributed by atoms with E-state index in [1.807, 2.05) is 13.8 Å². The van der Waals surface area contributed by atoms with E-state index in [1.54, 1.807) is 0 Å². The molecule has 4 rings (SSSR count). The molecule has 0 aromatic heterocycles. The highest BCUT2D eigenvalue weighted by atomic mass is 79.9. The second-order valence-electron chi connectivity index (χ2n) is 14.6. The molecule has 3 unspecified atom stereocenters. The Morgan fingerprint density at radius 1 is 0.907 bits per heavy atom. The van der Waals surface area contributed by atoms with Gasteiger partial charge in [-0.05, 0) is 115 Å². The van der Waals surface area contributed by atoms with Gasteiger partial charge in [-0.2, -0.15) is 0 Å². The molecule has 4 aliphatic carbocycles. The quantitative estimate of drug-likeness (QED) is 0.183. The van der Waals surface area contributed by atoms with E-state index in [9.17, 15) is 24.6 Å². The predicted octanol–water partition coefficient (Wildman–Crippen LogP) is 6.37. The summed E-state index contributed by atoms with van der Waals surface area (Å²) < 4.78 is 17.4. The Bertz CT molecular complexity index is 1190. The van der Waals surface area contributed by atoms with Crippen LogP contribution in [0.1, 0.15) is 107 Å². The zero-order valence-corrected chi connectivity index (χ0v) is 28.7. The van der Waals surface area contributed by atoms with Crippen molar-refractivity contribution < 1.29 is 38.8 Å². The fourth-order valence-corrected chi connectivity index (χ4v) is 10.2. The minimum Gasteiger partial charge on any atom is -0.458 e. The second kappa shape index (κ2) is 12.6. The zero-order chi connectivity index (χ0) is 32.1. The first kappa shape index (κ1) is 34.2. The standard InChI is InChI=1S/C34H51BrO8/c1-18(2)25(35)10-9-22(31(40)42-17-41-20(4)36)29-24-15-27(39)30-32(6)13-12-26(38)19(3)23(32)11-14-33(30,7)34(24,8)16-28(29)43-21(5)37/h19,23-24,26-28,30,38-39H,9-17H2,1-8H3/t19-,23?,24?,26+,27+,28-,30?,32-,33-,34-/m0/s1. The molecule has 0 radical (unpaired) electrons. The van der Waals surface area contributed by atoms with Crippen LogP contribution in [0.3, 0.4) is 0 Å². The lowest BCUT2D eigenvalue weighted by Gasteiger charge is -2.69. The van der Waals surface area contributed by atoms with Crippen LogP contribution < -0.4 is 0 Å². The molecule has 0 aromatic carbocycles. The van der Waals surface area contributed by atoms with Crippen LogP contribution in [0, 0.1) is 39.9 Å². The normalized spacial score (nSPS) is 41.2. The number of rotatable bonds is 7. The number of hydrogen-bond acceptors (Lipinski definition) is 8. The largest absolute Gasteiger partial charge is 0.458 e. The molecule has 0 amide bonds. The highest BCUT2D eigenvalue weighted by molar-refractivity contribution is 9.11. The predicted molar refractivity (Wildman–Crippen MR) is 166 cm³/mol. The molecule has 0 aliphatic heterocycles. The lowest BCUT2D eigenvalue weighted by molar-refractivity contribution is -0.234. The van der Waals surface area contributed by atoms with Crippen LogP contribution >= 0.6 is 15.9 Å². The van der Waals surface area contributed by atoms with Crippen LogP contribution in [0.15, 0.2) is 21.2 Å². The number of ether oxygens (including phenoxy) is 3. The maximum absolute atomic E-state index is 13.7. The van der Waals surface area contributed by atoms with Gasteiger partial charge in [-0.1, -0.05) is 49.2 Å². The summed E-state index contributed by atoms with van der Waals surface area (Å²) >= 11 is 3.64. The Hall–Kier alpha value is -1.71. The van der Waals surface area contributed by atoms with Crippen molar-refractivity contribution in [1.82, 2.24) is 0 Å². The maximum atomic E-state index is 13.7. The number of fused-ring (bicyclic) bond motifs is 5. The molecule has 4 saturated carbocycles. The first-order valence-electron chi connectivity index (χ1n) is 15.9. The lowest BCUT2D eigenvalue weighted by Crippen LogP contribution is -2.65. The van der Waals surface area contributed by atoms with E-state index in [0.717, 1.165) is 41.3 Å². The van der Waals surface area contributed by atoms with Crippen molar-refractivity contribution >= 4 is 33.8 Å². The van der Waals surface area contributed by atoms with Crippen LogP contribution in [0.4, 0.5) is 0 Å². The number of halogens is 1. The maximum Gasteiger partial charge on any atom is 0.336 e. The third-order valence-corrected chi connectivity index (χ3v) is 13.4. The summed E-state index contributed by atoms with van der Waals surface area (Å²) in [5.41, 5.74) is 1.45. The van der Waals surface area contributed by atoms with Crippen LogP contribution in [0.25, 0.3) is 0 Å². The molecule has 4 aliphatic rings. The van der Waals surface area contributed by atoms with Gasteiger partial charge in [-0.15, -0.1) is 0 Å². The van der Waals surface area contributed by atoms with E-state index in [1.165, 1.54) is 13.8 Å². The Balaban J connectivity index is 1.83. The van der Waals surface area contributed by atoms with E-state index in [-0.39, 0.29) is 40.1 Å². The molecule has 43 heavy (non-hydrogen) atoms. The van der Waals surface area contributed by atoms with Crippen molar-refractivity contribution in [3.05, 3.63) is 21.2 Å². The number of aliphatic hydroxyl groups is 2. The number of allylic oxidation sites excluding steroid dienone is 2. The summed E-state index contributed by atoms with van der Waals surface area (Å²) in [6, 6.07) is 0. The minimum atomic E-state index is -0.630. The Morgan fingerprint density at radius 3 is 2.19 bits per heavy atom. The Kier molecular flexibility index (Phi) is 10.0. The smallest absolute Gasteiger partial charge is 0.336 e. The van der Waals surface area contributed by atoms with E-state index in [2.05, 4.69) is 43.6 Å². The topological polar surface area (TPSA) is 119 Å². The van der Waals surface area contributed by atoms with Gasteiger partial charge in [-0.25, -0.2) is 4.79 Å². The Morgan fingerprint density at radius 2 is 1.58 bits per heavy atom. The van der Waals surface area contributed by atoms with Crippen LogP contribution in [-0.4, -0.2) is 53.2 Å². The van der Waals surface area contributed by atoms with Gasteiger partial charge < -0.3 is 24.4 Å². The third kappa shape index (κ3) is 5.99.